The van der Waals surface area contributed by atoms with Crippen molar-refractivity contribution < 1.29 is 31.3 Å². The number of halogens is 1. The molecule has 3 nitrogen and oxygen atoms in total. The van der Waals surface area contributed by atoms with Crippen LogP contribution in [0.5, 0.6) is 0 Å². The zero-order valence-corrected chi connectivity index (χ0v) is 8.47. The third-order valence-corrected chi connectivity index (χ3v) is 2.68. The van der Waals surface area contributed by atoms with Crippen LogP contribution in [-0.2, 0) is 4.84 Å². The van der Waals surface area contributed by atoms with E-state index in [0.717, 1.165) is 10.8 Å². The van der Waals surface area contributed by atoms with Gasteiger partial charge in [-0.25, -0.2) is 0 Å². The Morgan fingerprint density at radius 1 is 1.80 bits per heavy atom. The van der Waals surface area contributed by atoms with Gasteiger partial charge in [0, 0.05) is 0 Å². The molecule has 1 unspecified atom stereocenters. The van der Waals surface area contributed by atoms with Gasteiger partial charge >= 0.3 is 71.6 Å². The first-order chi connectivity index (χ1) is 4.72. The number of nitrogens with one attached hydrogen (secondary N) is 1. The summed E-state index contributed by atoms with van der Waals surface area (Å²) in [7, 11) is 1.38. The molecule has 0 radical (unpaired) electrons. The third-order valence-electron chi connectivity index (χ3n) is 1.06. The molecule has 4 heteroatoms. The Morgan fingerprint density at radius 3 is 2.80 bits per heavy atom. The van der Waals surface area contributed by atoms with E-state index in [1.807, 2.05) is 0 Å². The van der Waals surface area contributed by atoms with Gasteiger partial charge in [0.05, 0.1) is 0 Å². The molecule has 0 rings (SSSR count). The Hall–Kier alpha value is 0.350. The van der Waals surface area contributed by atoms with Gasteiger partial charge in [0.1, 0.15) is 0 Å². The Balaban J connectivity index is 3.42. The number of alkyl halides is 2. The van der Waals surface area contributed by atoms with Crippen molar-refractivity contribution in [2.24, 2.45) is 0 Å². The zero-order valence-electron chi connectivity index (χ0n) is 6.32. The minimum absolute atomic E-state index is 0.266. The monoisotopic (exact) mass is 258 g/mol. The van der Waals surface area contributed by atoms with Crippen LogP contribution in [0.2, 0.25) is 0 Å². The van der Waals surface area contributed by atoms with Crippen LogP contribution in [-0.4, -0.2) is 16.5 Å². The molecule has 0 aliphatic heterocycles. The van der Waals surface area contributed by atoms with E-state index in [1.54, 1.807) is 0 Å². The molecule has 0 bridgehead atoms. The maximum absolute atomic E-state index is 10.7. The molecule has 0 amide bonds. The van der Waals surface area contributed by atoms with Gasteiger partial charge in [-0.1, -0.05) is 0 Å². The molecule has 1 N–H and O–H groups in total. The summed E-state index contributed by atoms with van der Waals surface area (Å²) in [4.78, 5) is 6.67. The molecular formula is C6H13INO2-. The van der Waals surface area contributed by atoms with Crippen molar-refractivity contribution in [2.75, 3.05) is 16.5 Å². The normalized spacial score (nSPS) is 13.5. The van der Waals surface area contributed by atoms with Crippen LogP contribution in [0.25, 0.3) is 0 Å². The first kappa shape index (κ1) is 10.3. The van der Waals surface area contributed by atoms with Gasteiger partial charge in [0.25, 0.3) is 0 Å². The van der Waals surface area contributed by atoms with Gasteiger partial charge in [0.15, 0.2) is 0 Å². The standard InChI is InChI=1S/C6H13INO2/c1-6(4-5-7-2)8(9)10-3/h8H,1,4-5H2,2-3H3/q-1. The Labute approximate surface area is 71.8 Å². The molecule has 62 valence electrons. The molecule has 0 heterocycles. The molecule has 0 aromatic carbocycles. The molecule has 0 saturated heterocycles. The summed E-state index contributed by atoms with van der Waals surface area (Å²) < 4.78 is 1.12. The third kappa shape index (κ3) is 4.21. The summed E-state index contributed by atoms with van der Waals surface area (Å²) in [5, 5.41) is 10.4. The first-order valence-corrected chi connectivity index (χ1v) is 6.60. The van der Waals surface area contributed by atoms with Crippen molar-refractivity contribution in [3.05, 3.63) is 17.5 Å². The van der Waals surface area contributed by atoms with Crippen molar-refractivity contribution in [1.82, 2.24) is 0 Å². The zero-order chi connectivity index (χ0) is 7.98. The predicted molar refractivity (Wildman–Crippen MR) is 35.9 cm³/mol. The summed E-state index contributed by atoms with van der Waals surface area (Å²) in [5.41, 5.74) is 0.601. The minimum atomic E-state index is -0.266. The van der Waals surface area contributed by atoms with E-state index in [2.05, 4.69) is 16.3 Å². The summed E-state index contributed by atoms with van der Waals surface area (Å²) in [6, 6.07) is 0. The van der Waals surface area contributed by atoms with E-state index < -0.39 is 0 Å². The fourth-order valence-corrected chi connectivity index (χ4v) is 1.65. The van der Waals surface area contributed by atoms with Gasteiger partial charge in [-0.05, 0) is 0 Å². The number of hydroxylamine groups is 2. The number of allylic oxidation sites excluding steroid dienone is 1. The molecular weight excluding hydrogens is 245 g/mol. The topological polar surface area (TPSA) is 36.7 Å². The van der Waals surface area contributed by atoms with E-state index >= 15 is 0 Å². The number of quaternary nitrogens is 1. The number of rotatable bonds is 5. The molecule has 0 fully saturated rings. The van der Waals surface area contributed by atoms with E-state index in [0.29, 0.717) is 5.70 Å². The van der Waals surface area contributed by atoms with Crippen LogP contribution in [0.15, 0.2) is 12.3 Å². The van der Waals surface area contributed by atoms with Gasteiger partial charge in [-0.3, -0.25) is 0 Å². The molecule has 0 spiro atoms. The van der Waals surface area contributed by atoms with Crippen molar-refractivity contribution in [2.45, 2.75) is 6.42 Å². The second kappa shape index (κ2) is 6.09. The molecule has 0 saturated carbocycles. The molecule has 10 heavy (non-hydrogen) atoms. The quantitative estimate of drug-likeness (QED) is 0.316. The molecule has 0 aromatic rings. The second-order valence-electron chi connectivity index (χ2n) is 1.80. The fraction of sp³-hybridized carbons (Fsp3) is 0.667. The SMILES string of the molecule is C=C(CC[I-]C)[NH+]([O-])OC. The number of hydrogen-bond acceptors (Lipinski definition) is 2. The van der Waals surface area contributed by atoms with E-state index in [4.69, 9.17) is 0 Å². The predicted octanol–water partition coefficient (Wildman–Crippen LogP) is -3.45. The molecule has 0 aromatic heterocycles. The summed E-state index contributed by atoms with van der Waals surface area (Å²) in [5.74, 6) is 0. The van der Waals surface area contributed by atoms with Crippen molar-refractivity contribution in [3.63, 3.8) is 0 Å². The second-order valence-corrected chi connectivity index (χ2v) is 4.41. The maximum atomic E-state index is 10.7. The van der Waals surface area contributed by atoms with Crippen molar-refractivity contribution in [1.29, 1.82) is 0 Å². The molecule has 0 aliphatic rings. The van der Waals surface area contributed by atoms with Crippen LogP contribution in [0.4, 0.5) is 0 Å². The molecule has 1 atom stereocenters. The molecule has 0 aliphatic carbocycles. The van der Waals surface area contributed by atoms with Gasteiger partial charge < -0.3 is 0 Å². The van der Waals surface area contributed by atoms with Crippen molar-refractivity contribution >= 4 is 0 Å². The van der Waals surface area contributed by atoms with Crippen LogP contribution < -0.4 is 26.4 Å². The average molecular weight is 258 g/mol. The van der Waals surface area contributed by atoms with Gasteiger partial charge in [0.2, 0.25) is 0 Å². The summed E-state index contributed by atoms with van der Waals surface area (Å²) in [6.45, 7) is 3.61. The first-order valence-electron chi connectivity index (χ1n) is 2.92. The Bertz CT molecular complexity index is 108. The Kier molecular flexibility index (Phi) is 6.30. The average Bonchev–Trinajstić information content (AvgIpc) is 1.98. The number of hydrogen-bond donors (Lipinski definition) is 1. The summed E-state index contributed by atoms with van der Waals surface area (Å²) >= 11 is 0.274. The van der Waals surface area contributed by atoms with E-state index in [-0.39, 0.29) is 26.4 Å². The van der Waals surface area contributed by atoms with Crippen LogP contribution in [0.3, 0.4) is 0 Å². The van der Waals surface area contributed by atoms with Crippen molar-refractivity contribution in [3.8, 4) is 0 Å². The van der Waals surface area contributed by atoms with E-state index in [1.165, 1.54) is 7.11 Å². The summed E-state index contributed by atoms with van der Waals surface area (Å²) in [6.07, 6.45) is 0.802. The van der Waals surface area contributed by atoms with Crippen LogP contribution in [0.1, 0.15) is 6.42 Å². The van der Waals surface area contributed by atoms with E-state index in [9.17, 15) is 5.21 Å². The van der Waals surface area contributed by atoms with Crippen LogP contribution in [0, 0.1) is 5.21 Å². The van der Waals surface area contributed by atoms with Gasteiger partial charge in [-0.15, -0.1) is 0 Å². The Morgan fingerprint density at radius 2 is 2.40 bits per heavy atom. The van der Waals surface area contributed by atoms with Gasteiger partial charge in [-0.2, -0.15) is 0 Å². The van der Waals surface area contributed by atoms with Crippen LogP contribution >= 0.6 is 0 Å². The fourth-order valence-electron chi connectivity index (χ4n) is 0.455.